The van der Waals surface area contributed by atoms with E-state index < -0.39 is 0 Å². The van der Waals surface area contributed by atoms with Gasteiger partial charge in [0.15, 0.2) is 0 Å². The Balaban J connectivity index is 1.82. The highest BCUT2D eigenvalue weighted by molar-refractivity contribution is 6.13. The van der Waals surface area contributed by atoms with Gasteiger partial charge in [0.05, 0.1) is 23.0 Å². The van der Waals surface area contributed by atoms with Gasteiger partial charge in [0.25, 0.3) is 5.91 Å². The molecule has 0 fully saturated rings. The summed E-state index contributed by atoms with van der Waals surface area (Å²) in [6.45, 7) is 0. The molecular weight excluding hydrogens is 312 g/mol. The molecule has 4 aromatic rings. The average Bonchev–Trinajstić information content (AvgIpc) is 3.08. The number of para-hydroxylation sites is 2. The largest absolute Gasteiger partial charge is 0.322 e. The van der Waals surface area contributed by atoms with Crippen molar-refractivity contribution in [1.29, 1.82) is 0 Å². The van der Waals surface area contributed by atoms with Crippen LogP contribution in [0.5, 0.6) is 0 Å². The number of carbonyl (C=O) groups is 1. The van der Waals surface area contributed by atoms with Crippen molar-refractivity contribution >= 4 is 22.5 Å². The Morgan fingerprint density at radius 3 is 2.56 bits per heavy atom. The van der Waals surface area contributed by atoms with Crippen LogP contribution in [-0.2, 0) is 7.05 Å². The van der Waals surface area contributed by atoms with Crippen LogP contribution in [0.4, 0.5) is 5.69 Å². The van der Waals surface area contributed by atoms with Gasteiger partial charge in [-0.1, -0.05) is 36.4 Å². The van der Waals surface area contributed by atoms with Gasteiger partial charge in [-0.3, -0.25) is 9.48 Å². The fraction of sp³-hybridized carbons (Fsp3) is 0.0500. The van der Waals surface area contributed by atoms with E-state index in [1.165, 1.54) is 0 Å². The SMILES string of the molecule is Cn1cc(-c2cc(C(=O)Nc3ccccc3)c3ccccc3n2)cn1. The maximum absolute atomic E-state index is 12.9. The number of amides is 1. The van der Waals surface area contributed by atoms with Crippen LogP contribution in [0.3, 0.4) is 0 Å². The van der Waals surface area contributed by atoms with Gasteiger partial charge in [-0.15, -0.1) is 0 Å². The minimum Gasteiger partial charge on any atom is -0.322 e. The van der Waals surface area contributed by atoms with Gasteiger partial charge >= 0.3 is 0 Å². The molecule has 0 saturated heterocycles. The van der Waals surface area contributed by atoms with Crippen LogP contribution in [0.15, 0.2) is 73.1 Å². The van der Waals surface area contributed by atoms with Crippen LogP contribution >= 0.6 is 0 Å². The van der Waals surface area contributed by atoms with E-state index in [-0.39, 0.29) is 5.91 Å². The summed E-state index contributed by atoms with van der Waals surface area (Å²) in [5, 5.41) is 7.96. The van der Waals surface area contributed by atoms with Gasteiger partial charge in [0, 0.05) is 29.9 Å². The Bertz CT molecular complexity index is 1050. The number of pyridine rings is 1. The maximum Gasteiger partial charge on any atom is 0.256 e. The summed E-state index contributed by atoms with van der Waals surface area (Å²) in [5.74, 6) is -0.157. The molecule has 0 atom stereocenters. The molecule has 1 amide bonds. The van der Waals surface area contributed by atoms with Crippen LogP contribution in [0.2, 0.25) is 0 Å². The minimum absolute atomic E-state index is 0.157. The van der Waals surface area contributed by atoms with Gasteiger partial charge < -0.3 is 5.32 Å². The van der Waals surface area contributed by atoms with Crippen molar-refractivity contribution in [3.05, 3.63) is 78.6 Å². The molecule has 2 aromatic carbocycles. The molecule has 0 unspecified atom stereocenters. The molecule has 1 N–H and O–H groups in total. The number of anilines is 1. The van der Waals surface area contributed by atoms with Crippen molar-refractivity contribution in [3.63, 3.8) is 0 Å². The lowest BCUT2D eigenvalue weighted by atomic mass is 10.0. The molecule has 0 radical (unpaired) electrons. The van der Waals surface area contributed by atoms with E-state index in [1.54, 1.807) is 10.9 Å². The molecule has 0 bridgehead atoms. The molecule has 5 nitrogen and oxygen atoms in total. The number of hydrogen-bond acceptors (Lipinski definition) is 3. The van der Waals surface area contributed by atoms with E-state index in [0.29, 0.717) is 5.56 Å². The molecule has 0 aliphatic heterocycles. The zero-order valence-corrected chi connectivity index (χ0v) is 13.7. The number of nitrogens with zero attached hydrogens (tertiary/aromatic N) is 3. The number of aromatic nitrogens is 3. The first-order valence-electron chi connectivity index (χ1n) is 7.96. The number of hydrogen-bond donors (Lipinski definition) is 1. The third-order valence-corrected chi connectivity index (χ3v) is 3.99. The first-order valence-corrected chi connectivity index (χ1v) is 7.96. The molecule has 0 saturated carbocycles. The summed E-state index contributed by atoms with van der Waals surface area (Å²) in [6.07, 6.45) is 3.63. The van der Waals surface area contributed by atoms with Crippen molar-refractivity contribution < 1.29 is 4.79 Å². The average molecular weight is 328 g/mol. The molecule has 0 spiro atoms. The lowest BCUT2D eigenvalue weighted by Gasteiger charge is -2.10. The van der Waals surface area contributed by atoms with Crippen molar-refractivity contribution in [2.24, 2.45) is 7.05 Å². The quantitative estimate of drug-likeness (QED) is 0.621. The molecule has 25 heavy (non-hydrogen) atoms. The standard InChI is InChI=1S/C20H16N4O/c1-24-13-14(12-21-24)19-11-17(16-9-5-6-10-18(16)23-19)20(25)22-15-7-3-2-4-8-15/h2-13H,1H3,(H,22,25). The maximum atomic E-state index is 12.9. The molecule has 122 valence electrons. The molecular formula is C20H16N4O. The third kappa shape index (κ3) is 2.99. The summed E-state index contributed by atoms with van der Waals surface area (Å²) in [6, 6.07) is 18.9. The summed E-state index contributed by atoms with van der Waals surface area (Å²) in [7, 11) is 1.85. The molecule has 5 heteroatoms. The van der Waals surface area contributed by atoms with E-state index in [0.717, 1.165) is 27.8 Å². The Labute approximate surface area is 144 Å². The van der Waals surface area contributed by atoms with E-state index in [9.17, 15) is 4.79 Å². The van der Waals surface area contributed by atoms with Crippen LogP contribution in [-0.4, -0.2) is 20.7 Å². The highest BCUT2D eigenvalue weighted by Gasteiger charge is 2.14. The normalized spacial score (nSPS) is 10.8. The fourth-order valence-electron chi connectivity index (χ4n) is 2.78. The zero-order valence-electron chi connectivity index (χ0n) is 13.7. The van der Waals surface area contributed by atoms with Crippen molar-refractivity contribution in [1.82, 2.24) is 14.8 Å². The van der Waals surface area contributed by atoms with Crippen LogP contribution < -0.4 is 5.32 Å². The lowest BCUT2D eigenvalue weighted by Crippen LogP contribution is -2.13. The van der Waals surface area contributed by atoms with Crippen molar-refractivity contribution in [2.45, 2.75) is 0 Å². The Morgan fingerprint density at radius 2 is 1.80 bits per heavy atom. The second-order valence-electron chi connectivity index (χ2n) is 5.80. The summed E-state index contributed by atoms with van der Waals surface area (Å²) >= 11 is 0. The smallest absolute Gasteiger partial charge is 0.256 e. The monoisotopic (exact) mass is 328 g/mol. The molecule has 4 rings (SSSR count). The van der Waals surface area contributed by atoms with E-state index in [4.69, 9.17) is 0 Å². The topological polar surface area (TPSA) is 59.8 Å². The molecule has 2 heterocycles. The second-order valence-corrected chi connectivity index (χ2v) is 5.80. The minimum atomic E-state index is -0.157. The number of aryl methyl sites for hydroxylation is 1. The number of rotatable bonds is 3. The zero-order chi connectivity index (χ0) is 17.2. The first kappa shape index (κ1) is 15.1. The van der Waals surface area contributed by atoms with Gasteiger partial charge in [-0.05, 0) is 24.3 Å². The Morgan fingerprint density at radius 1 is 1.04 bits per heavy atom. The number of benzene rings is 2. The first-order chi connectivity index (χ1) is 12.2. The number of carbonyl (C=O) groups excluding carboxylic acids is 1. The van der Waals surface area contributed by atoms with Crippen LogP contribution in [0, 0.1) is 0 Å². The fourth-order valence-corrected chi connectivity index (χ4v) is 2.78. The van der Waals surface area contributed by atoms with Crippen LogP contribution in [0.25, 0.3) is 22.2 Å². The van der Waals surface area contributed by atoms with Gasteiger partial charge in [-0.25, -0.2) is 4.98 Å². The number of fused-ring (bicyclic) bond motifs is 1. The molecule has 2 aromatic heterocycles. The summed E-state index contributed by atoms with van der Waals surface area (Å²) in [4.78, 5) is 17.5. The third-order valence-electron chi connectivity index (χ3n) is 3.99. The summed E-state index contributed by atoms with van der Waals surface area (Å²) < 4.78 is 1.72. The predicted molar refractivity (Wildman–Crippen MR) is 98.3 cm³/mol. The van der Waals surface area contributed by atoms with E-state index in [2.05, 4.69) is 15.4 Å². The van der Waals surface area contributed by atoms with Gasteiger partial charge in [0.2, 0.25) is 0 Å². The molecule has 0 aliphatic rings. The molecule has 0 aliphatic carbocycles. The van der Waals surface area contributed by atoms with Crippen molar-refractivity contribution in [2.75, 3.05) is 5.32 Å². The predicted octanol–water partition coefficient (Wildman–Crippen LogP) is 3.89. The van der Waals surface area contributed by atoms with Gasteiger partial charge in [0.1, 0.15) is 0 Å². The highest BCUT2D eigenvalue weighted by Crippen LogP contribution is 2.25. The van der Waals surface area contributed by atoms with E-state index >= 15 is 0 Å². The Hall–Kier alpha value is -3.47. The second kappa shape index (κ2) is 6.20. The van der Waals surface area contributed by atoms with E-state index in [1.807, 2.05) is 73.9 Å². The Kier molecular flexibility index (Phi) is 3.74. The highest BCUT2D eigenvalue weighted by atomic mass is 16.1. The lowest BCUT2D eigenvalue weighted by molar-refractivity contribution is 0.102. The van der Waals surface area contributed by atoms with Crippen LogP contribution in [0.1, 0.15) is 10.4 Å². The summed E-state index contributed by atoms with van der Waals surface area (Å²) in [5.41, 5.74) is 3.73. The van der Waals surface area contributed by atoms with Gasteiger partial charge in [-0.2, -0.15) is 5.10 Å². The number of nitrogens with one attached hydrogen (secondary N) is 1. The van der Waals surface area contributed by atoms with Crippen molar-refractivity contribution in [3.8, 4) is 11.3 Å².